The molecule has 0 bridgehead atoms. The van der Waals surface area contributed by atoms with Gasteiger partial charge in [-0.25, -0.2) is 12.7 Å². The molecule has 0 aromatic carbocycles. The zero-order valence-corrected chi connectivity index (χ0v) is 11.2. The zero-order valence-electron chi connectivity index (χ0n) is 10.4. The number of sulfonamides is 1. The minimum atomic E-state index is -3.04. The van der Waals surface area contributed by atoms with E-state index < -0.39 is 10.0 Å². The second-order valence-corrected chi connectivity index (χ2v) is 6.79. The Morgan fingerprint density at radius 2 is 2.19 bits per heavy atom. The molecule has 1 rings (SSSR count). The Labute approximate surface area is 99.5 Å². The first-order valence-electron chi connectivity index (χ1n) is 6.21. The van der Waals surface area contributed by atoms with Crippen molar-refractivity contribution in [3.63, 3.8) is 0 Å². The van der Waals surface area contributed by atoms with Gasteiger partial charge in [0.05, 0.1) is 5.75 Å². The number of piperidine rings is 1. The molecular formula is C11H24N2O2S. The predicted octanol–water partition coefficient (Wildman–Crippen LogP) is 1.05. The third-order valence-electron chi connectivity index (χ3n) is 3.15. The van der Waals surface area contributed by atoms with Gasteiger partial charge in [-0.2, -0.15) is 0 Å². The van der Waals surface area contributed by atoms with E-state index in [1.807, 2.05) is 0 Å². The van der Waals surface area contributed by atoms with Crippen molar-refractivity contribution in [2.45, 2.75) is 32.6 Å². The third kappa shape index (κ3) is 4.39. The molecule has 1 unspecified atom stereocenters. The van der Waals surface area contributed by atoms with Crippen molar-refractivity contribution in [2.75, 3.05) is 32.4 Å². The van der Waals surface area contributed by atoms with Crippen molar-refractivity contribution in [3.8, 4) is 0 Å². The van der Waals surface area contributed by atoms with Crippen LogP contribution in [0.15, 0.2) is 0 Å². The van der Waals surface area contributed by atoms with Crippen molar-refractivity contribution in [1.29, 1.82) is 0 Å². The number of rotatable bonds is 6. The number of nitrogens with zero attached hydrogens (tertiary/aromatic N) is 1. The maximum atomic E-state index is 12.0. The standard InChI is InChI=1S/C11H24N2O2S/c1-3-4-8-13(2)16(14,15)10-11-6-5-7-12-9-11/h11-12H,3-10H2,1-2H3. The summed E-state index contributed by atoms with van der Waals surface area (Å²) in [6.07, 6.45) is 4.11. The lowest BCUT2D eigenvalue weighted by atomic mass is 10.0. The highest BCUT2D eigenvalue weighted by Crippen LogP contribution is 2.14. The van der Waals surface area contributed by atoms with E-state index in [-0.39, 0.29) is 0 Å². The summed E-state index contributed by atoms with van der Waals surface area (Å²) in [5.74, 6) is 0.600. The number of hydrogen-bond donors (Lipinski definition) is 1. The fourth-order valence-electron chi connectivity index (χ4n) is 2.01. The molecule has 0 amide bonds. The van der Waals surface area contributed by atoms with E-state index in [0.717, 1.165) is 38.8 Å². The predicted molar refractivity (Wildman–Crippen MR) is 66.9 cm³/mol. The van der Waals surface area contributed by atoms with E-state index in [1.165, 1.54) is 4.31 Å². The Morgan fingerprint density at radius 1 is 1.44 bits per heavy atom. The van der Waals surface area contributed by atoms with Gasteiger partial charge in [0.1, 0.15) is 0 Å². The van der Waals surface area contributed by atoms with Crippen LogP contribution in [0.1, 0.15) is 32.6 Å². The van der Waals surface area contributed by atoms with Crippen LogP contribution in [-0.4, -0.2) is 45.2 Å². The first-order valence-corrected chi connectivity index (χ1v) is 7.82. The number of nitrogens with one attached hydrogen (secondary N) is 1. The number of hydrogen-bond acceptors (Lipinski definition) is 3. The lowest BCUT2D eigenvalue weighted by molar-refractivity contribution is 0.390. The Bertz CT molecular complexity index is 284. The van der Waals surface area contributed by atoms with Gasteiger partial charge in [-0.1, -0.05) is 13.3 Å². The molecule has 1 N–H and O–H groups in total. The molecule has 0 spiro atoms. The summed E-state index contributed by atoms with van der Waals surface area (Å²) in [5, 5.41) is 3.26. The quantitative estimate of drug-likeness (QED) is 0.764. The molecule has 5 heteroatoms. The number of unbranched alkanes of at least 4 members (excludes halogenated alkanes) is 1. The van der Waals surface area contributed by atoms with Gasteiger partial charge in [-0.15, -0.1) is 0 Å². The van der Waals surface area contributed by atoms with Crippen molar-refractivity contribution < 1.29 is 8.42 Å². The van der Waals surface area contributed by atoms with E-state index >= 15 is 0 Å². The highest BCUT2D eigenvalue weighted by atomic mass is 32.2. The van der Waals surface area contributed by atoms with Gasteiger partial charge in [0, 0.05) is 13.6 Å². The van der Waals surface area contributed by atoms with Crippen LogP contribution in [0.5, 0.6) is 0 Å². The SMILES string of the molecule is CCCCN(C)S(=O)(=O)CC1CCCNC1. The maximum absolute atomic E-state index is 12.0. The van der Waals surface area contributed by atoms with Crippen LogP contribution in [0.2, 0.25) is 0 Å². The normalized spacial score (nSPS) is 22.6. The smallest absolute Gasteiger partial charge is 0.214 e. The van der Waals surface area contributed by atoms with Gasteiger partial charge in [0.2, 0.25) is 10.0 Å². The van der Waals surface area contributed by atoms with Crippen LogP contribution in [0.3, 0.4) is 0 Å². The third-order valence-corrected chi connectivity index (χ3v) is 5.17. The highest BCUT2D eigenvalue weighted by molar-refractivity contribution is 7.89. The molecule has 0 aromatic heterocycles. The fourth-order valence-corrected chi connectivity index (χ4v) is 3.55. The van der Waals surface area contributed by atoms with Crippen LogP contribution in [0.25, 0.3) is 0 Å². The summed E-state index contributed by atoms with van der Waals surface area (Å²) >= 11 is 0. The van der Waals surface area contributed by atoms with Crippen molar-refractivity contribution in [1.82, 2.24) is 9.62 Å². The maximum Gasteiger partial charge on any atom is 0.214 e. The molecule has 0 aromatic rings. The average Bonchev–Trinajstić information content (AvgIpc) is 2.26. The summed E-state index contributed by atoms with van der Waals surface area (Å²) in [6.45, 7) is 4.60. The molecule has 1 atom stereocenters. The van der Waals surface area contributed by atoms with Crippen molar-refractivity contribution in [2.24, 2.45) is 5.92 Å². The van der Waals surface area contributed by atoms with E-state index in [4.69, 9.17) is 0 Å². The molecule has 16 heavy (non-hydrogen) atoms. The van der Waals surface area contributed by atoms with Crippen LogP contribution >= 0.6 is 0 Å². The summed E-state index contributed by atoms with van der Waals surface area (Å²) in [5.41, 5.74) is 0. The van der Waals surface area contributed by atoms with Gasteiger partial charge in [0.15, 0.2) is 0 Å². The van der Waals surface area contributed by atoms with Crippen molar-refractivity contribution >= 4 is 10.0 Å². The van der Waals surface area contributed by atoms with Gasteiger partial charge in [-0.05, 0) is 38.3 Å². The first kappa shape index (κ1) is 13.9. The van der Waals surface area contributed by atoms with Crippen molar-refractivity contribution in [3.05, 3.63) is 0 Å². The Balaban J connectivity index is 2.42. The van der Waals surface area contributed by atoms with E-state index in [2.05, 4.69) is 12.2 Å². The van der Waals surface area contributed by atoms with Gasteiger partial charge in [-0.3, -0.25) is 0 Å². The molecule has 96 valence electrons. The van der Waals surface area contributed by atoms with Crippen LogP contribution in [0, 0.1) is 5.92 Å². The largest absolute Gasteiger partial charge is 0.316 e. The Morgan fingerprint density at radius 3 is 2.75 bits per heavy atom. The van der Waals surface area contributed by atoms with Gasteiger partial charge >= 0.3 is 0 Å². The molecule has 0 saturated carbocycles. The topological polar surface area (TPSA) is 49.4 Å². The molecule has 1 heterocycles. The summed E-state index contributed by atoms with van der Waals surface area (Å²) in [4.78, 5) is 0. The monoisotopic (exact) mass is 248 g/mol. The average molecular weight is 248 g/mol. The van der Waals surface area contributed by atoms with E-state index in [1.54, 1.807) is 7.05 Å². The molecule has 1 fully saturated rings. The minimum Gasteiger partial charge on any atom is -0.316 e. The van der Waals surface area contributed by atoms with Crippen LogP contribution < -0.4 is 5.32 Å². The first-order chi connectivity index (χ1) is 7.56. The zero-order chi connectivity index (χ0) is 12.0. The second kappa shape index (κ2) is 6.57. The van der Waals surface area contributed by atoms with E-state index in [0.29, 0.717) is 18.2 Å². The Hall–Kier alpha value is -0.130. The highest BCUT2D eigenvalue weighted by Gasteiger charge is 2.24. The van der Waals surface area contributed by atoms with E-state index in [9.17, 15) is 8.42 Å². The molecule has 1 aliphatic heterocycles. The summed E-state index contributed by atoms with van der Waals surface area (Å²) in [6, 6.07) is 0. The molecule has 4 nitrogen and oxygen atoms in total. The lowest BCUT2D eigenvalue weighted by Gasteiger charge is -2.25. The van der Waals surface area contributed by atoms with Crippen LogP contribution in [-0.2, 0) is 10.0 Å². The molecule has 1 aliphatic rings. The summed E-state index contributed by atoms with van der Waals surface area (Å²) in [7, 11) is -1.34. The second-order valence-electron chi connectivity index (χ2n) is 4.67. The fraction of sp³-hybridized carbons (Fsp3) is 1.00. The lowest BCUT2D eigenvalue weighted by Crippen LogP contribution is -2.38. The van der Waals surface area contributed by atoms with Crippen LogP contribution in [0.4, 0.5) is 0 Å². The molecular weight excluding hydrogens is 224 g/mol. The van der Waals surface area contributed by atoms with Gasteiger partial charge < -0.3 is 5.32 Å². The molecule has 0 radical (unpaired) electrons. The summed E-state index contributed by atoms with van der Waals surface area (Å²) < 4.78 is 25.5. The Kier molecular flexibility index (Phi) is 5.72. The molecule has 0 aliphatic carbocycles. The minimum absolute atomic E-state index is 0.294. The van der Waals surface area contributed by atoms with Gasteiger partial charge in [0.25, 0.3) is 0 Å². The molecule has 1 saturated heterocycles.